The lowest BCUT2D eigenvalue weighted by atomic mass is 10.1. The number of ether oxygens (including phenoxy) is 1. The average molecular weight is 396 g/mol. The first-order valence-corrected chi connectivity index (χ1v) is 11.1. The minimum absolute atomic E-state index is 0.00186. The van der Waals surface area contributed by atoms with Crippen LogP contribution < -0.4 is 9.46 Å². The zero-order chi connectivity index (χ0) is 18.6. The molecule has 0 spiro atoms. The van der Waals surface area contributed by atoms with E-state index in [4.69, 9.17) is 4.74 Å². The average Bonchev–Trinajstić information content (AvgIpc) is 3.09. The lowest BCUT2D eigenvalue weighted by Gasteiger charge is -2.32. The third-order valence-corrected chi connectivity index (χ3v) is 5.51. The molecule has 1 saturated heterocycles. The zero-order valence-electron chi connectivity index (χ0n) is 14.4. The van der Waals surface area contributed by atoms with Crippen LogP contribution in [-0.4, -0.2) is 49.7 Å². The van der Waals surface area contributed by atoms with Crippen molar-refractivity contribution in [1.29, 1.82) is 0 Å². The summed E-state index contributed by atoms with van der Waals surface area (Å²) in [5.41, 5.74) is 0.397. The highest BCUT2D eigenvalue weighted by molar-refractivity contribution is 7.92. The molecule has 1 amide bonds. The van der Waals surface area contributed by atoms with E-state index < -0.39 is 10.0 Å². The molecule has 0 bridgehead atoms. The van der Waals surface area contributed by atoms with Crippen LogP contribution in [0.4, 0.5) is 5.69 Å². The molecule has 3 heterocycles. The van der Waals surface area contributed by atoms with Gasteiger partial charge in [-0.2, -0.15) is 0 Å². The van der Waals surface area contributed by atoms with Gasteiger partial charge in [0.2, 0.25) is 21.8 Å². The van der Waals surface area contributed by atoms with Gasteiger partial charge in [0.15, 0.2) is 0 Å². The number of nitrogens with one attached hydrogen (secondary N) is 1. The molecule has 3 rings (SSSR count). The molecule has 0 aromatic carbocycles. The van der Waals surface area contributed by atoms with Gasteiger partial charge in [-0.15, -0.1) is 11.3 Å². The minimum Gasteiger partial charge on any atom is -0.474 e. The Morgan fingerprint density at radius 3 is 2.69 bits per heavy atom. The molecule has 0 radical (unpaired) electrons. The van der Waals surface area contributed by atoms with Crippen LogP contribution in [0.5, 0.6) is 5.88 Å². The van der Waals surface area contributed by atoms with Crippen molar-refractivity contribution in [1.82, 2.24) is 9.88 Å². The largest absolute Gasteiger partial charge is 0.474 e. The van der Waals surface area contributed by atoms with E-state index in [1.54, 1.807) is 23.5 Å². The van der Waals surface area contributed by atoms with Gasteiger partial charge in [-0.1, -0.05) is 6.07 Å². The normalized spacial score (nSPS) is 15.7. The number of hydrogen-bond acceptors (Lipinski definition) is 6. The molecular weight excluding hydrogens is 374 g/mol. The van der Waals surface area contributed by atoms with E-state index in [0.29, 0.717) is 31.1 Å². The maximum Gasteiger partial charge on any atom is 0.229 e. The number of aromatic nitrogens is 1. The summed E-state index contributed by atoms with van der Waals surface area (Å²) in [5, 5.41) is 1.98. The number of rotatable bonds is 6. The minimum atomic E-state index is -3.32. The Bertz CT molecular complexity index is 827. The maximum absolute atomic E-state index is 12.3. The Labute approximate surface area is 157 Å². The summed E-state index contributed by atoms with van der Waals surface area (Å²) in [5.74, 6) is 0.604. The molecule has 140 valence electrons. The third-order valence-electron chi connectivity index (χ3n) is 4.03. The van der Waals surface area contributed by atoms with Crippen LogP contribution in [0.3, 0.4) is 0 Å². The number of pyridine rings is 1. The number of likely N-dealkylation sites (tertiary alicyclic amines) is 1. The van der Waals surface area contributed by atoms with Crippen LogP contribution in [-0.2, 0) is 21.2 Å². The van der Waals surface area contributed by atoms with Gasteiger partial charge in [-0.25, -0.2) is 13.4 Å². The second kappa shape index (κ2) is 8.05. The first-order valence-electron chi connectivity index (χ1n) is 8.30. The Morgan fingerprint density at radius 1 is 1.35 bits per heavy atom. The second-order valence-corrected chi connectivity index (χ2v) is 8.99. The van der Waals surface area contributed by atoms with E-state index in [1.807, 2.05) is 22.4 Å². The van der Waals surface area contributed by atoms with E-state index in [-0.39, 0.29) is 12.0 Å². The number of hydrogen-bond donors (Lipinski definition) is 1. The maximum atomic E-state index is 12.3. The van der Waals surface area contributed by atoms with Crippen LogP contribution in [0.25, 0.3) is 0 Å². The van der Waals surface area contributed by atoms with Crippen molar-refractivity contribution in [3.05, 3.63) is 40.7 Å². The first kappa shape index (κ1) is 18.7. The molecule has 2 aromatic heterocycles. The summed E-state index contributed by atoms with van der Waals surface area (Å²) in [6.07, 6.45) is 4.48. The van der Waals surface area contributed by atoms with Crippen LogP contribution in [0.2, 0.25) is 0 Å². The molecule has 1 aliphatic rings. The fraction of sp³-hybridized carbons (Fsp3) is 0.412. The molecule has 26 heavy (non-hydrogen) atoms. The molecule has 1 N–H and O–H groups in total. The Morgan fingerprint density at radius 2 is 2.12 bits per heavy atom. The standard InChI is InChI=1S/C17H21N3O4S2/c1-26(22,23)19-13-4-5-16(18-12-13)24-14-6-8-20(9-7-14)17(21)11-15-3-2-10-25-15/h2-5,10,12,14,19H,6-9,11H2,1H3. The third kappa shape index (κ3) is 5.43. The smallest absolute Gasteiger partial charge is 0.229 e. The van der Waals surface area contributed by atoms with Crippen LogP contribution in [0.15, 0.2) is 35.8 Å². The number of carbonyl (C=O) groups is 1. The van der Waals surface area contributed by atoms with Crippen LogP contribution in [0, 0.1) is 0 Å². The molecule has 1 fully saturated rings. The summed E-state index contributed by atoms with van der Waals surface area (Å²) in [7, 11) is -3.32. The molecule has 0 saturated carbocycles. The predicted octanol–water partition coefficient (Wildman–Crippen LogP) is 2.13. The number of thiophene rings is 1. The van der Waals surface area contributed by atoms with E-state index >= 15 is 0 Å². The zero-order valence-corrected chi connectivity index (χ0v) is 16.1. The van der Waals surface area contributed by atoms with Crippen molar-refractivity contribution in [2.24, 2.45) is 0 Å². The SMILES string of the molecule is CS(=O)(=O)Nc1ccc(OC2CCN(C(=O)Cc3cccs3)CC2)nc1. The molecule has 2 aromatic rings. The summed E-state index contributed by atoms with van der Waals surface area (Å²) in [6.45, 7) is 1.34. The Balaban J connectivity index is 1.47. The number of carbonyl (C=O) groups excluding carboxylic acids is 1. The fourth-order valence-corrected chi connectivity index (χ4v) is 4.04. The summed E-state index contributed by atoms with van der Waals surface area (Å²) >= 11 is 1.60. The monoisotopic (exact) mass is 395 g/mol. The molecule has 9 heteroatoms. The van der Waals surface area contributed by atoms with Crippen LogP contribution in [0.1, 0.15) is 17.7 Å². The summed E-state index contributed by atoms with van der Waals surface area (Å²) in [4.78, 5) is 19.4. The van der Waals surface area contributed by atoms with Crippen molar-refractivity contribution < 1.29 is 17.9 Å². The quantitative estimate of drug-likeness (QED) is 0.809. The molecule has 0 atom stereocenters. The Kier molecular flexibility index (Phi) is 5.77. The van der Waals surface area contributed by atoms with E-state index in [2.05, 4.69) is 9.71 Å². The second-order valence-electron chi connectivity index (χ2n) is 6.21. The van der Waals surface area contributed by atoms with E-state index in [1.165, 1.54) is 6.20 Å². The van der Waals surface area contributed by atoms with Gasteiger partial charge in [0, 0.05) is 36.9 Å². The van der Waals surface area contributed by atoms with Crippen molar-refractivity contribution in [2.45, 2.75) is 25.4 Å². The predicted molar refractivity (Wildman–Crippen MR) is 101 cm³/mol. The number of sulfonamides is 1. The van der Waals surface area contributed by atoms with Crippen molar-refractivity contribution >= 4 is 33.0 Å². The Hall–Kier alpha value is -2.13. The van der Waals surface area contributed by atoms with Crippen LogP contribution >= 0.6 is 11.3 Å². The van der Waals surface area contributed by atoms with Crippen molar-refractivity contribution in [3.8, 4) is 5.88 Å². The van der Waals surface area contributed by atoms with Gasteiger partial charge >= 0.3 is 0 Å². The molecule has 0 aliphatic carbocycles. The van der Waals surface area contributed by atoms with Gasteiger partial charge < -0.3 is 9.64 Å². The van der Waals surface area contributed by atoms with Crippen molar-refractivity contribution in [2.75, 3.05) is 24.1 Å². The number of anilines is 1. The molecule has 0 unspecified atom stereocenters. The number of amides is 1. The highest BCUT2D eigenvalue weighted by atomic mass is 32.2. The van der Waals surface area contributed by atoms with Gasteiger partial charge in [0.05, 0.1) is 24.6 Å². The number of piperidine rings is 1. The highest BCUT2D eigenvalue weighted by Gasteiger charge is 2.24. The molecule has 1 aliphatic heterocycles. The van der Waals surface area contributed by atoms with Crippen molar-refractivity contribution in [3.63, 3.8) is 0 Å². The molecular formula is C17H21N3O4S2. The number of nitrogens with zero attached hydrogens (tertiary/aromatic N) is 2. The van der Waals surface area contributed by atoms with Gasteiger partial charge in [-0.05, 0) is 17.5 Å². The van der Waals surface area contributed by atoms with E-state index in [9.17, 15) is 13.2 Å². The molecule has 7 nitrogen and oxygen atoms in total. The summed E-state index contributed by atoms with van der Waals surface area (Å²) < 4.78 is 30.6. The lowest BCUT2D eigenvalue weighted by Crippen LogP contribution is -2.42. The summed E-state index contributed by atoms with van der Waals surface area (Å²) in [6, 6.07) is 7.19. The lowest BCUT2D eigenvalue weighted by molar-refractivity contribution is -0.132. The van der Waals surface area contributed by atoms with E-state index in [0.717, 1.165) is 24.0 Å². The topological polar surface area (TPSA) is 88.6 Å². The van der Waals surface area contributed by atoms with Gasteiger partial charge in [-0.3, -0.25) is 9.52 Å². The highest BCUT2D eigenvalue weighted by Crippen LogP contribution is 2.20. The van der Waals surface area contributed by atoms with Gasteiger partial charge in [0.25, 0.3) is 0 Å². The fourth-order valence-electron chi connectivity index (χ4n) is 2.79. The first-order chi connectivity index (χ1) is 12.4. The van der Waals surface area contributed by atoms with Gasteiger partial charge in [0.1, 0.15) is 6.10 Å².